The molecule has 0 radical (unpaired) electrons. The highest BCUT2D eigenvalue weighted by molar-refractivity contribution is 5.63. The molecule has 0 saturated carbocycles. The summed E-state index contributed by atoms with van der Waals surface area (Å²) in [6.07, 6.45) is 3.67. The molecule has 0 aliphatic heterocycles. The van der Waals surface area contributed by atoms with E-state index in [4.69, 9.17) is 0 Å². The van der Waals surface area contributed by atoms with Crippen LogP contribution in [-0.2, 0) is 0 Å². The molecule has 2 aromatic carbocycles. The minimum absolute atomic E-state index is 0.904. The number of nitrogens with zero attached hydrogens (tertiary/aromatic N) is 2. The predicted molar refractivity (Wildman–Crippen MR) is 82.4 cm³/mol. The molecule has 0 aliphatic carbocycles. The van der Waals surface area contributed by atoms with Crippen LogP contribution in [0.2, 0.25) is 0 Å². The molecule has 0 spiro atoms. The first-order valence-electron chi connectivity index (χ1n) is 6.68. The van der Waals surface area contributed by atoms with Crippen LogP contribution in [0.15, 0.2) is 60.9 Å². The predicted octanol–water partition coefficient (Wildman–Crippen LogP) is 4.43. The summed E-state index contributed by atoms with van der Waals surface area (Å²) in [5.74, 6) is 0. The van der Waals surface area contributed by atoms with Gasteiger partial charge in [-0.15, -0.1) is 0 Å². The summed E-state index contributed by atoms with van der Waals surface area (Å²) in [5, 5.41) is 0. The van der Waals surface area contributed by atoms with Crippen molar-refractivity contribution in [1.82, 2.24) is 9.97 Å². The van der Waals surface area contributed by atoms with Gasteiger partial charge in [-0.2, -0.15) is 0 Å². The fourth-order valence-electron chi connectivity index (χ4n) is 2.07. The Morgan fingerprint density at radius 2 is 0.900 bits per heavy atom. The Kier molecular flexibility index (Phi) is 3.30. The summed E-state index contributed by atoms with van der Waals surface area (Å²) in [4.78, 5) is 9.03. The van der Waals surface area contributed by atoms with Crippen molar-refractivity contribution < 1.29 is 0 Å². The van der Waals surface area contributed by atoms with E-state index in [1.807, 2.05) is 12.4 Å². The van der Waals surface area contributed by atoms with Crippen molar-refractivity contribution in [3.63, 3.8) is 0 Å². The zero-order chi connectivity index (χ0) is 13.9. The average molecular weight is 260 g/mol. The molecule has 1 heterocycles. The monoisotopic (exact) mass is 260 g/mol. The third kappa shape index (κ3) is 2.59. The first-order valence-corrected chi connectivity index (χ1v) is 6.68. The van der Waals surface area contributed by atoms with Gasteiger partial charge in [0.1, 0.15) is 0 Å². The Bertz CT molecular complexity index is 631. The van der Waals surface area contributed by atoms with Crippen molar-refractivity contribution in [2.24, 2.45) is 0 Å². The lowest BCUT2D eigenvalue weighted by atomic mass is 10.1. The van der Waals surface area contributed by atoms with Gasteiger partial charge in [0.25, 0.3) is 0 Å². The summed E-state index contributed by atoms with van der Waals surface area (Å²) >= 11 is 0. The zero-order valence-corrected chi connectivity index (χ0v) is 11.7. The maximum absolute atomic E-state index is 4.51. The number of aryl methyl sites for hydroxylation is 2. The van der Waals surface area contributed by atoms with Gasteiger partial charge in [-0.3, -0.25) is 9.97 Å². The Labute approximate surface area is 119 Å². The normalized spacial score (nSPS) is 10.5. The van der Waals surface area contributed by atoms with Crippen LogP contribution in [-0.4, -0.2) is 9.97 Å². The van der Waals surface area contributed by atoms with Crippen LogP contribution in [0.1, 0.15) is 11.1 Å². The van der Waals surface area contributed by atoms with Crippen molar-refractivity contribution >= 4 is 0 Å². The molecule has 0 N–H and O–H groups in total. The SMILES string of the molecule is Cc1ccc(-c2cnc(-c3ccc(C)cc3)cn2)cc1. The van der Waals surface area contributed by atoms with E-state index in [9.17, 15) is 0 Å². The van der Waals surface area contributed by atoms with E-state index in [1.165, 1.54) is 11.1 Å². The standard InChI is InChI=1S/C18H16N2/c1-13-3-7-15(8-4-13)17-11-20-18(12-19-17)16-9-5-14(2)6-10-16/h3-12H,1-2H3. The molecule has 0 bridgehead atoms. The zero-order valence-electron chi connectivity index (χ0n) is 11.7. The molecular weight excluding hydrogens is 244 g/mol. The topological polar surface area (TPSA) is 25.8 Å². The van der Waals surface area contributed by atoms with E-state index in [1.54, 1.807) is 0 Å². The van der Waals surface area contributed by atoms with Crippen molar-refractivity contribution in [3.05, 3.63) is 72.1 Å². The van der Waals surface area contributed by atoms with E-state index in [2.05, 4.69) is 72.3 Å². The van der Waals surface area contributed by atoms with Gasteiger partial charge in [0, 0.05) is 11.1 Å². The lowest BCUT2D eigenvalue weighted by Gasteiger charge is -2.04. The van der Waals surface area contributed by atoms with E-state index in [0.717, 1.165) is 22.5 Å². The second kappa shape index (κ2) is 5.25. The highest BCUT2D eigenvalue weighted by Gasteiger charge is 2.02. The summed E-state index contributed by atoms with van der Waals surface area (Å²) in [5.41, 5.74) is 6.50. The maximum atomic E-state index is 4.51. The summed E-state index contributed by atoms with van der Waals surface area (Å²) in [7, 11) is 0. The molecule has 98 valence electrons. The Balaban J connectivity index is 1.91. The molecule has 0 amide bonds. The van der Waals surface area contributed by atoms with Crippen LogP contribution < -0.4 is 0 Å². The molecule has 0 fully saturated rings. The molecule has 20 heavy (non-hydrogen) atoms. The molecule has 3 aromatic rings. The molecule has 0 saturated heterocycles. The van der Waals surface area contributed by atoms with Gasteiger partial charge < -0.3 is 0 Å². The lowest BCUT2D eigenvalue weighted by Crippen LogP contribution is -1.89. The fraction of sp³-hybridized carbons (Fsp3) is 0.111. The number of aromatic nitrogens is 2. The van der Waals surface area contributed by atoms with Gasteiger partial charge in [0.2, 0.25) is 0 Å². The number of hydrogen-bond acceptors (Lipinski definition) is 2. The summed E-state index contributed by atoms with van der Waals surface area (Å²) in [6.45, 7) is 4.16. The van der Waals surface area contributed by atoms with Crippen LogP contribution in [0.4, 0.5) is 0 Å². The molecule has 2 heteroatoms. The molecule has 0 atom stereocenters. The first kappa shape index (κ1) is 12.5. The smallest absolute Gasteiger partial charge is 0.0885 e. The van der Waals surface area contributed by atoms with Crippen molar-refractivity contribution in [3.8, 4) is 22.5 Å². The van der Waals surface area contributed by atoms with Crippen molar-refractivity contribution in [1.29, 1.82) is 0 Å². The summed E-state index contributed by atoms with van der Waals surface area (Å²) in [6, 6.07) is 16.6. The fourth-order valence-corrected chi connectivity index (χ4v) is 2.07. The first-order chi connectivity index (χ1) is 9.72. The quantitative estimate of drug-likeness (QED) is 0.681. The van der Waals surface area contributed by atoms with Crippen molar-refractivity contribution in [2.45, 2.75) is 13.8 Å². The van der Waals surface area contributed by atoms with Gasteiger partial charge >= 0.3 is 0 Å². The molecule has 3 rings (SSSR count). The van der Waals surface area contributed by atoms with Gasteiger partial charge in [-0.25, -0.2) is 0 Å². The third-order valence-electron chi connectivity index (χ3n) is 3.35. The van der Waals surface area contributed by atoms with Gasteiger partial charge in [-0.1, -0.05) is 59.7 Å². The number of hydrogen-bond donors (Lipinski definition) is 0. The second-order valence-electron chi connectivity index (χ2n) is 5.02. The molecule has 0 unspecified atom stereocenters. The Hall–Kier alpha value is -2.48. The molecule has 0 aliphatic rings. The second-order valence-corrected chi connectivity index (χ2v) is 5.02. The molecule has 2 nitrogen and oxygen atoms in total. The van der Waals surface area contributed by atoms with Gasteiger partial charge in [0.05, 0.1) is 23.8 Å². The van der Waals surface area contributed by atoms with Crippen LogP contribution in [0.3, 0.4) is 0 Å². The largest absolute Gasteiger partial charge is 0.252 e. The maximum Gasteiger partial charge on any atom is 0.0885 e. The van der Waals surface area contributed by atoms with E-state index >= 15 is 0 Å². The average Bonchev–Trinajstić information content (AvgIpc) is 2.49. The van der Waals surface area contributed by atoms with Crippen molar-refractivity contribution in [2.75, 3.05) is 0 Å². The Morgan fingerprint density at radius 3 is 1.20 bits per heavy atom. The van der Waals surface area contributed by atoms with Gasteiger partial charge in [0.15, 0.2) is 0 Å². The summed E-state index contributed by atoms with van der Waals surface area (Å²) < 4.78 is 0. The highest BCUT2D eigenvalue weighted by Crippen LogP contribution is 2.20. The van der Waals surface area contributed by atoms with E-state index < -0.39 is 0 Å². The van der Waals surface area contributed by atoms with Crippen LogP contribution in [0.25, 0.3) is 22.5 Å². The minimum Gasteiger partial charge on any atom is -0.252 e. The third-order valence-corrected chi connectivity index (χ3v) is 3.35. The van der Waals surface area contributed by atoms with E-state index in [-0.39, 0.29) is 0 Å². The number of benzene rings is 2. The van der Waals surface area contributed by atoms with Gasteiger partial charge in [-0.05, 0) is 13.8 Å². The van der Waals surface area contributed by atoms with E-state index in [0.29, 0.717) is 0 Å². The molecule has 1 aromatic heterocycles. The lowest BCUT2D eigenvalue weighted by molar-refractivity contribution is 1.21. The minimum atomic E-state index is 0.904. The highest BCUT2D eigenvalue weighted by atomic mass is 14.8. The molecular formula is C18H16N2. The van der Waals surface area contributed by atoms with Crippen LogP contribution in [0.5, 0.6) is 0 Å². The number of rotatable bonds is 2. The van der Waals surface area contributed by atoms with Crippen LogP contribution >= 0.6 is 0 Å². The Morgan fingerprint density at radius 1 is 0.550 bits per heavy atom. The van der Waals surface area contributed by atoms with Crippen LogP contribution in [0, 0.1) is 13.8 Å².